The van der Waals surface area contributed by atoms with Crippen molar-refractivity contribution in [3.63, 3.8) is 0 Å². The molecular formula is C17H18N2O. The molecule has 3 nitrogen and oxygen atoms in total. The molecule has 1 aromatic heterocycles. The Balaban J connectivity index is 1.86. The zero-order valence-electron chi connectivity index (χ0n) is 11.6. The number of ketones is 1. The number of hydrogen-bond donors (Lipinski definition) is 0. The van der Waals surface area contributed by atoms with E-state index in [0.717, 1.165) is 36.1 Å². The van der Waals surface area contributed by atoms with E-state index in [4.69, 9.17) is 0 Å². The van der Waals surface area contributed by atoms with Crippen LogP contribution in [0.2, 0.25) is 0 Å². The number of rotatable bonds is 2. The van der Waals surface area contributed by atoms with Gasteiger partial charge in [0.2, 0.25) is 0 Å². The predicted octanol–water partition coefficient (Wildman–Crippen LogP) is 3.64. The first kappa shape index (κ1) is 12.9. The third-order valence-electron chi connectivity index (χ3n) is 3.81. The predicted molar refractivity (Wildman–Crippen MR) is 79.6 cm³/mol. The van der Waals surface area contributed by atoms with Crippen LogP contribution in [0.4, 0.5) is 0 Å². The molecule has 0 radical (unpaired) electrons. The van der Waals surface area contributed by atoms with Crippen molar-refractivity contribution in [2.24, 2.45) is 5.92 Å². The van der Waals surface area contributed by atoms with Crippen LogP contribution in [-0.4, -0.2) is 15.6 Å². The van der Waals surface area contributed by atoms with Gasteiger partial charge >= 0.3 is 0 Å². The first-order valence-corrected chi connectivity index (χ1v) is 7.09. The molecule has 0 N–H and O–H groups in total. The minimum Gasteiger partial charge on any atom is -0.294 e. The highest BCUT2D eigenvalue weighted by Gasteiger charge is 2.22. The van der Waals surface area contributed by atoms with Crippen molar-refractivity contribution < 1.29 is 4.79 Å². The lowest BCUT2D eigenvalue weighted by Crippen LogP contribution is -2.18. The monoisotopic (exact) mass is 266 g/mol. The zero-order valence-corrected chi connectivity index (χ0v) is 11.6. The van der Waals surface area contributed by atoms with Gasteiger partial charge in [-0.2, -0.15) is 5.10 Å². The third-order valence-corrected chi connectivity index (χ3v) is 3.81. The average Bonchev–Trinajstić information content (AvgIpc) is 2.93. The molecule has 102 valence electrons. The molecule has 0 spiro atoms. The fourth-order valence-corrected chi connectivity index (χ4v) is 2.65. The Kier molecular flexibility index (Phi) is 3.50. The molecule has 3 heteroatoms. The van der Waals surface area contributed by atoms with E-state index >= 15 is 0 Å². The summed E-state index contributed by atoms with van der Waals surface area (Å²) in [7, 11) is 0. The summed E-state index contributed by atoms with van der Waals surface area (Å²) in [6.45, 7) is 2.02. The maximum atomic E-state index is 12.1. The smallest absolute Gasteiger partial charge is 0.161 e. The number of benzene rings is 1. The summed E-state index contributed by atoms with van der Waals surface area (Å²) in [5, 5.41) is 4.36. The Morgan fingerprint density at radius 3 is 2.90 bits per heavy atom. The third kappa shape index (κ3) is 2.57. The van der Waals surface area contributed by atoms with Gasteiger partial charge in [0, 0.05) is 17.7 Å². The molecule has 1 heterocycles. The molecule has 1 aliphatic carbocycles. The normalized spacial score (nSPS) is 21.4. The second kappa shape index (κ2) is 5.45. The molecule has 1 atom stereocenters. The molecule has 0 aliphatic heterocycles. The molecular weight excluding hydrogens is 248 g/mol. The van der Waals surface area contributed by atoms with Crippen LogP contribution in [0.1, 0.15) is 31.7 Å². The van der Waals surface area contributed by atoms with Crippen molar-refractivity contribution in [2.45, 2.75) is 26.2 Å². The largest absolute Gasteiger partial charge is 0.294 e. The van der Waals surface area contributed by atoms with Crippen molar-refractivity contribution >= 4 is 11.9 Å². The van der Waals surface area contributed by atoms with E-state index in [2.05, 4.69) is 5.10 Å². The van der Waals surface area contributed by atoms with Gasteiger partial charge in [-0.1, -0.05) is 25.1 Å². The maximum Gasteiger partial charge on any atom is 0.161 e. The molecule has 0 bridgehead atoms. The van der Waals surface area contributed by atoms with E-state index in [1.54, 1.807) is 0 Å². The van der Waals surface area contributed by atoms with Crippen molar-refractivity contribution in [1.29, 1.82) is 0 Å². The molecule has 2 aromatic rings. The number of nitrogens with zero attached hydrogens (tertiary/aromatic N) is 2. The topological polar surface area (TPSA) is 34.9 Å². The standard InChI is InChI=1S/C17H18N2O/c1-13-6-5-7-15(17(13)20)10-14-11-18-19(12-14)16-8-3-2-4-9-16/h2-4,8-13H,5-7H2,1H3/b15-10+/t13-/m0/s1. The van der Waals surface area contributed by atoms with Crippen LogP contribution < -0.4 is 0 Å². The van der Waals surface area contributed by atoms with Gasteiger partial charge < -0.3 is 0 Å². The number of hydrogen-bond acceptors (Lipinski definition) is 2. The molecule has 1 saturated carbocycles. The average molecular weight is 266 g/mol. The lowest BCUT2D eigenvalue weighted by atomic mass is 9.85. The van der Waals surface area contributed by atoms with Gasteiger partial charge in [-0.3, -0.25) is 4.79 Å². The number of carbonyl (C=O) groups excluding carboxylic acids is 1. The van der Waals surface area contributed by atoms with E-state index in [1.807, 2.05) is 60.4 Å². The highest BCUT2D eigenvalue weighted by atomic mass is 16.1. The summed E-state index contributed by atoms with van der Waals surface area (Å²) in [4.78, 5) is 12.1. The second-order valence-corrected chi connectivity index (χ2v) is 5.38. The van der Waals surface area contributed by atoms with Crippen LogP contribution in [0.25, 0.3) is 11.8 Å². The van der Waals surface area contributed by atoms with E-state index in [0.29, 0.717) is 5.78 Å². The van der Waals surface area contributed by atoms with Gasteiger partial charge in [0.15, 0.2) is 5.78 Å². The number of allylic oxidation sites excluding steroid dienone is 1. The lowest BCUT2D eigenvalue weighted by Gasteiger charge is -2.18. The van der Waals surface area contributed by atoms with Gasteiger partial charge in [-0.25, -0.2) is 4.68 Å². The second-order valence-electron chi connectivity index (χ2n) is 5.38. The Morgan fingerprint density at radius 2 is 2.10 bits per heavy atom. The van der Waals surface area contributed by atoms with E-state index in [1.165, 1.54) is 0 Å². The first-order valence-electron chi connectivity index (χ1n) is 7.09. The van der Waals surface area contributed by atoms with Crippen LogP contribution in [0, 0.1) is 5.92 Å². The van der Waals surface area contributed by atoms with Crippen LogP contribution in [0.15, 0.2) is 48.3 Å². The number of Topliss-reactive ketones (excluding diaryl/α,β-unsaturated/α-hetero) is 1. The van der Waals surface area contributed by atoms with Crippen LogP contribution in [0.5, 0.6) is 0 Å². The van der Waals surface area contributed by atoms with Crippen molar-refractivity contribution in [3.8, 4) is 5.69 Å². The van der Waals surface area contributed by atoms with Crippen molar-refractivity contribution in [3.05, 3.63) is 53.9 Å². The Hall–Kier alpha value is -2.16. The summed E-state index contributed by atoms with van der Waals surface area (Å²) in [6.07, 6.45) is 8.77. The molecule has 20 heavy (non-hydrogen) atoms. The highest BCUT2D eigenvalue weighted by Crippen LogP contribution is 2.26. The molecule has 0 unspecified atom stereocenters. The van der Waals surface area contributed by atoms with E-state index in [9.17, 15) is 4.79 Å². The van der Waals surface area contributed by atoms with E-state index in [-0.39, 0.29) is 5.92 Å². The summed E-state index contributed by atoms with van der Waals surface area (Å²) in [5.41, 5.74) is 2.96. The number of para-hydroxylation sites is 1. The van der Waals surface area contributed by atoms with Gasteiger partial charge in [0.05, 0.1) is 11.9 Å². The van der Waals surface area contributed by atoms with E-state index < -0.39 is 0 Å². The van der Waals surface area contributed by atoms with Crippen LogP contribution in [-0.2, 0) is 4.79 Å². The molecule has 1 aromatic carbocycles. The van der Waals surface area contributed by atoms with Gasteiger partial charge in [-0.05, 0) is 43.0 Å². The van der Waals surface area contributed by atoms with Crippen molar-refractivity contribution in [2.75, 3.05) is 0 Å². The number of aromatic nitrogens is 2. The summed E-state index contributed by atoms with van der Waals surface area (Å²) >= 11 is 0. The molecule has 1 aliphatic rings. The lowest BCUT2D eigenvalue weighted by molar-refractivity contribution is -0.119. The Bertz CT molecular complexity index is 640. The van der Waals surface area contributed by atoms with Gasteiger partial charge in [0.25, 0.3) is 0 Å². The molecule has 3 rings (SSSR count). The summed E-state index contributed by atoms with van der Waals surface area (Å²) in [5.74, 6) is 0.461. The Labute approximate surface area is 118 Å². The first-order chi connectivity index (χ1) is 9.74. The summed E-state index contributed by atoms with van der Waals surface area (Å²) < 4.78 is 1.84. The quantitative estimate of drug-likeness (QED) is 0.778. The van der Waals surface area contributed by atoms with Crippen LogP contribution >= 0.6 is 0 Å². The molecule has 1 fully saturated rings. The SMILES string of the molecule is C[C@H]1CCC/C(=C\c2cnn(-c3ccccc3)c2)C1=O. The number of carbonyl (C=O) groups is 1. The highest BCUT2D eigenvalue weighted by molar-refractivity contribution is 6.01. The zero-order chi connectivity index (χ0) is 13.9. The Morgan fingerprint density at radius 1 is 1.30 bits per heavy atom. The minimum absolute atomic E-state index is 0.166. The van der Waals surface area contributed by atoms with Crippen LogP contribution in [0.3, 0.4) is 0 Å². The van der Waals surface area contributed by atoms with Gasteiger partial charge in [0.1, 0.15) is 0 Å². The fourth-order valence-electron chi connectivity index (χ4n) is 2.65. The summed E-state index contributed by atoms with van der Waals surface area (Å²) in [6, 6.07) is 9.98. The minimum atomic E-state index is 0.166. The molecule has 0 saturated heterocycles. The van der Waals surface area contributed by atoms with Gasteiger partial charge in [-0.15, -0.1) is 0 Å². The molecule has 0 amide bonds. The van der Waals surface area contributed by atoms with Crippen molar-refractivity contribution in [1.82, 2.24) is 9.78 Å². The maximum absolute atomic E-state index is 12.1. The fraction of sp³-hybridized carbons (Fsp3) is 0.294.